The summed E-state index contributed by atoms with van der Waals surface area (Å²) in [4.78, 5) is 11.9. The van der Waals surface area contributed by atoms with Crippen molar-refractivity contribution in [1.29, 1.82) is 0 Å². The van der Waals surface area contributed by atoms with Crippen LogP contribution < -0.4 is 5.32 Å². The normalized spacial score (nSPS) is 19.6. The molecule has 0 heterocycles. The van der Waals surface area contributed by atoms with E-state index in [1.165, 1.54) is 42.4 Å². The predicted octanol–water partition coefficient (Wildman–Crippen LogP) is 3.54. The molecule has 102 valence electrons. The van der Waals surface area contributed by atoms with Crippen LogP contribution in [0.3, 0.4) is 0 Å². The molecule has 0 unspecified atom stereocenters. The largest absolute Gasteiger partial charge is 0.349 e. The molecule has 19 heavy (non-hydrogen) atoms. The molecule has 0 radical (unpaired) electrons. The second kappa shape index (κ2) is 5.36. The van der Waals surface area contributed by atoms with Crippen molar-refractivity contribution in [3.63, 3.8) is 0 Å². The maximum atomic E-state index is 11.9. The van der Waals surface area contributed by atoms with Crippen LogP contribution in [0.15, 0.2) is 18.2 Å². The smallest absolute Gasteiger partial charge is 0.223 e. The van der Waals surface area contributed by atoms with Gasteiger partial charge in [-0.1, -0.05) is 25.1 Å². The fraction of sp³-hybridized carbons (Fsp3) is 0.588. The molecular weight excluding hydrogens is 234 g/mol. The van der Waals surface area contributed by atoms with E-state index < -0.39 is 0 Å². The SMILES string of the molecule is CC[C@H](NC(=O)C1CC1)c1ccc2c(c1)CCCC2. The Bertz CT molecular complexity index is 476. The fourth-order valence-corrected chi connectivity index (χ4v) is 3.03. The van der Waals surface area contributed by atoms with Crippen molar-refractivity contribution >= 4 is 5.91 Å². The van der Waals surface area contributed by atoms with Crippen LogP contribution in [0.5, 0.6) is 0 Å². The summed E-state index contributed by atoms with van der Waals surface area (Å²) >= 11 is 0. The number of amides is 1. The third-order valence-corrected chi connectivity index (χ3v) is 4.45. The number of hydrogen-bond donors (Lipinski definition) is 1. The summed E-state index contributed by atoms with van der Waals surface area (Å²) in [5, 5.41) is 3.21. The standard InChI is InChI=1S/C17H23NO/c1-2-16(18-17(19)13-8-9-13)15-10-7-12-5-3-4-6-14(12)11-15/h7,10-11,13,16H,2-6,8-9H2,1H3,(H,18,19)/t16-/m0/s1. The highest BCUT2D eigenvalue weighted by atomic mass is 16.2. The van der Waals surface area contributed by atoms with Gasteiger partial charge in [0.15, 0.2) is 0 Å². The van der Waals surface area contributed by atoms with Crippen LogP contribution in [0.2, 0.25) is 0 Å². The maximum absolute atomic E-state index is 11.9. The topological polar surface area (TPSA) is 29.1 Å². The molecule has 1 aromatic carbocycles. The Kier molecular flexibility index (Phi) is 3.58. The molecule has 2 nitrogen and oxygen atoms in total. The number of carbonyl (C=O) groups is 1. The molecule has 1 aromatic rings. The lowest BCUT2D eigenvalue weighted by Crippen LogP contribution is -2.29. The Morgan fingerprint density at radius 2 is 2.00 bits per heavy atom. The van der Waals surface area contributed by atoms with E-state index in [0.717, 1.165) is 19.3 Å². The number of rotatable bonds is 4. The molecule has 1 N–H and O–H groups in total. The average molecular weight is 257 g/mol. The van der Waals surface area contributed by atoms with Crippen molar-refractivity contribution in [1.82, 2.24) is 5.32 Å². The van der Waals surface area contributed by atoms with Crippen LogP contribution in [0.25, 0.3) is 0 Å². The van der Waals surface area contributed by atoms with Crippen molar-refractivity contribution in [3.05, 3.63) is 34.9 Å². The van der Waals surface area contributed by atoms with Gasteiger partial charge in [0.05, 0.1) is 6.04 Å². The summed E-state index contributed by atoms with van der Waals surface area (Å²) in [6, 6.07) is 7.01. The molecular formula is C17H23NO. The Hall–Kier alpha value is -1.31. The number of hydrogen-bond acceptors (Lipinski definition) is 1. The minimum absolute atomic E-state index is 0.195. The van der Waals surface area contributed by atoms with E-state index in [0.29, 0.717) is 5.92 Å². The van der Waals surface area contributed by atoms with Gasteiger partial charge < -0.3 is 5.32 Å². The van der Waals surface area contributed by atoms with Gasteiger partial charge in [-0.05, 0) is 61.6 Å². The molecule has 0 saturated heterocycles. The van der Waals surface area contributed by atoms with Gasteiger partial charge in [0, 0.05) is 5.92 Å². The van der Waals surface area contributed by atoms with Crippen molar-refractivity contribution in [2.45, 2.75) is 57.9 Å². The molecule has 1 atom stereocenters. The monoisotopic (exact) mass is 257 g/mol. The fourth-order valence-electron chi connectivity index (χ4n) is 3.03. The van der Waals surface area contributed by atoms with E-state index in [2.05, 4.69) is 30.4 Å². The van der Waals surface area contributed by atoms with Crippen molar-refractivity contribution in [3.8, 4) is 0 Å². The summed E-state index contributed by atoms with van der Waals surface area (Å²) in [6.07, 6.45) is 8.18. The molecule has 0 bridgehead atoms. The van der Waals surface area contributed by atoms with E-state index in [-0.39, 0.29) is 11.9 Å². The summed E-state index contributed by atoms with van der Waals surface area (Å²) in [7, 11) is 0. The van der Waals surface area contributed by atoms with Crippen LogP contribution in [-0.2, 0) is 17.6 Å². The second-order valence-electron chi connectivity index (χ2n) is 5.98. The zero-order chi connectivity index (χ0) is 13.2. The number of aryl methyl sites for hydroxylation is 2. The van der Waals surface area contributed by atoms with E-state index in [1.807, 2.05) is 0 Å². The van der Waals surface area contributed by atoms with Gasteiger partial charge in [-0.25, -0.2) is 0 Å². The lowest BCUT2D eigenvalue weighted by atomic mass is 9.89. The number of nitrogens with one attached hydrogen (secondary N) is 1. The Morgan fingerprint density at radius 3 is 2.68 bits per heavy atom. The molecule has 2 aliphatic carbocycles. The van der Waals surface area contributed by atoms with Gasteiger partial charge >= 0.3 is 0 Å². The number of benzene rings is 1. The zero-order valence-corrected chi connectivity index (χ0v) is 11.7. The summed E-state index contributed by atoms with van der Waals surface area (Å²) < 4.78 is 0. The van der Waals surface area contributed by atoms with Gasteiger partial charge in [0.2, 0.25) is 5.91 Å². The first kappa shape index (κ1) is 12.7. The first-order valence-electron chi connectivity index (χ1n) is 7.70. The predicted molar refractivity (Wildman–Crippen MR) is 77.0 cm³/mol. The lowest BCUT2D eigenvalue weighted by molar-refractivity contribution is -0.123. The van der Waals surface area contributed by atoms with E-state index in [4.69, 9.17) is 0 Å². The van der Waals surface area contributed by atoms with E-state index >= 15 is 0 Å². The highest BCUT2D eigenvalue weighted by Crippen LogP contribution is 2.31. The quantitative estimate of drug-likeness (QED) is 0.878. The van der Waals surface area contributed by atoms with Crippen LogP contribution >= 0.6 is 0 Å². The molecule has 2 aliphatic rings. The molecule has 1 amide bonds. The number of carbonyl (C=O) groups excluding carboxylic acids is 1. The second-order valence-corrected chi connectivity index (χ2v) is 5.98. The molecule has 1 saturated carbocycles. The molecule has 0 aliphatic heterocycles. The van der Waals surface area contributed by atoms with Gasteiger partial charge in [0.25, 0.3) is 0 Å². The summed E-state index contributed by atoms with van der Waals surface area (Å²) in [5.74, 6) is 0.552. The average Bonchev–Trinajstić information content (AvgIpc) is 3.28. The number of fused-ring (bicyclic) bond motifs is 1. The molecule has 0 aromatic heterocycles. The van der Waals surface area contributed by atoms with Crippen LogP contribution in [0.4, 0.5) is 0 Å². The van der Waals surface area contributed by atoms with Gasteiger partial charge in [-0.2, -0.15) is 0 Å². The van der Waals surface area contributed by atoms with E-state index in [1.54, 1.807) is 0 Å². The molecule has 2 heteroatoms. The third-order valence-electron chi connectivity index (χ3n) is 4.45. The maximum Gasteiger partial charge on any atom is 0.223 e. The van der Waals surface area contributed by atoms with Gasteiger partial charge in [-0.15, -0.1) is 0 Å². The van der Waals surface area contributed by atoms with Gasteiger partial charge in [-0.3, -0.25) is 4.79 Å². The van der Waals surface area contributed by atoms with Crippen molar-refractivity contribution in [2.24, 2.45) is 5.92 Å². The summed E-state index contributed by atoms with van der Waals surface area (Å²) in [6.45, 7) is 2.15. The third kappa shape index (κ3) is 2.83. The molecule has 1 fully saturated rings. The Morgan fingerprint density at radius 1 is 1.26 bits per heavy atom. The highest BCUT2D eigenvalue weighted by Gasteiger charge is 2.31. The van der Waals surface area contributed by atoms with Gasteiger partial charge in [0.1, 0.15) is 0 Å². The summed E-state index contributed by atoms with van der Waals surface area (Å²) in [5.41, 5.74) is 4.30. The van der Waals surface area contributed by atoms with E-state index in [9.17, 15) is 4.79 Å². The van der Waals surface area contributed by atoms with Crippen LogP contribution in [-0.4, -0.2) is 5.91 Å². The van der Waals surface area contributed by atoms with Crippen LogP contribution in [0.1, 0.15) is 61.8 Å². The molecule has 3 rings (SSSR count). The first-order valence-corrected chi connectivity index (χ1v) is 7.70. The first-order chi connectivity index (χ1) is 9.28. The Labute approximate surface area is 115 Å². The van der Waals surface area contributed by atoms with Crippen LogP contribution in [0, 0.1) is 5.92 Å². The zero-order valence-electron chi connectivity index (χ0n) is 11.7. The van der Waals surface area contributed by atoms with Crippen molar-refractivity contribution in [2.75, 3.05) is 0 Å². The lowest BCUT2D eigenvalue weighted by Gasteiger charge is -2.21. The molecule has 0 spiro atoms. The minimum atomic E-state index is 0.195. The van der Waals surface area contributed by atoms with Crippen molar-refractivity contribution < 1.29 is 4.79 Å². The highest BCUT2D eigenvalue weighted by molar-refractivity contribution is 5.81. The minimum Gasteiger partial charge on any atom is -0.349 e. The Balaban J connectivity index is 1.76.